The van der Waals surface area contributed by atoms with Crippen molar-refractivity contribution in [2.24, 2.45) is 16.8 Å². The highest BCUT2D eigenvalue weighted by molar-refractivity contribution is 14.0. The maximum Gasteiger partial charge on any atom is 0.310 e. The Hall–Kier alpha value is -2.10. The molecule has 1 saturated heterocycles. The van der Waals surface area contributed by atoms with Crippen molar-refractivity contribution in [2.75, 3.05) is 27.2 Å². The third kappa shape index (κ3) is 5.03. The van der Waals surface area contributed by atoms with E-state index in [1.54, 1.807) is 13.3 Å². The fourth-order valence-corrected chi connectivity index (χ4v) is 3.32. The molecule has 2 unspecified atom stereocenters. The Morgan fingerprint density at radius 3 is 2.71 bits per heavy atom. The van der Waals surface area contributed by atoms with Crippen molar-refractivity contribution < 1.29 is 13.9 Å². The SMILES string of the molecule is CN=C(NCc1coc(-c2ccc(C)cc2)n1)N1CC(C)C(C(=O)OC)C1.I. The number of likely N-dealkylation sites (tertiary alicyclic amines) is 1. The monoisotopic (exact) mass is 498 g/mol. The third-order valence-corrected chi connectivity index (χ3v) is 4.91. The van der Waals surface area contributed by atoms with Crippen molar-refractivity contribution in [3.63, 3.8) is 0 Å². The Balaban J connectivity index is 0.00000280. The van der Waals surface area contributed by atoms with Crippen LogP contribution in [-0.2, 0) is 16.1 Å². The largest absolute Gasteiger partial charge is 0.469 e. The molecule has 0 amide bonds. The van der Waals surface area contributed by atoms with Crippen LogP contribution in [0.15, 0.2) is 39.9 Å². The van der Waals surface area contributed by atoms with Gasteiger partial charge >= 0.3 is 5.97 Å². The first-order valence-electron chi connectivity index (χ1n) is 9.06. The molecule has 28 heavy (non-hydrogen) atoms. The average molecular weight is 498 g/mol. The first-order chi connectivity index (χ1) is 13.0. The molecule has 2 aromatic rings. The summed E-state index contributed by atoms with van der Waals surface area (Å²) in [6.07, 6.45) is 1.65. The summed E-state index contributed by atoms with van der Waals surface area (Å²) < 4.78 is 10.5. The number of carbonyl (C=O) groups excluding carboxylic acids is 1. The first kappa shape index (κ1) is 22.2. The van der Waals surface area contributed by atoms with E-state index in [0.717, 1.165) is 23.8 Å². The van der Waals surface area contributed by atoms with Gasteiger partial charge in [-0.2, -0.15) is 0 Å². The highest BCUT2D eigenvalue weighted by atomic mass is 127. The lowest BCUT2D eigenvalue weighted by Gasteiger charge is -2.21. The van der Waals surface area contributed by atoms with Crippen LogP contribution in [0.3, 0.4) is 0 Å². The van der Waals surface area contributed by atoms with Crippen LogP contribution in [0.25, 0.3) is 11.5 Å². The Kier molecular flexibility index (Phi) is 7.85. The van der Waals surface area contributed by atoms with Gasteiger partial charge in [0.25, 0.3) is 0 Å². The number of hydrogen-bond acceptors (Lipinski definition) is 5. The van der Waals surface area contributed by atoms with Crippen LogP contribution in [0, 0.1) is 18.8 Å². The highest BCUT2D eigenvalue weighted by Gasteiger charge is 2.36. The van der Waals surface area contributed by atoms with E-state index in [2.05, 4.69) is 27.1 Å². The lowest BCUT2D eigenvalue weighted by Crippen LogP contribution is -2.40. The van der Waals surface area contributed by atoms with Crippen molar-refractivity contribution >= 4 is 35.9 Å². The number of guanidine groups is 1. The van der Waals surface area contributed by atoms with E-state index in [-0.39, 0.29) is 41.8 Å². The molecule has 152 valence electrons. The Bertz CT molecular complexity index is 819. The molecule has 8 heteroatoms. The number of oxazole rings is 1. The summed E-state index contributed by atoms with van der Waals surface area (Å²) in [6.45, 7) is 5.95. The Morgan fingerprint density at radius 1 is 1.36 bits per heavy atom. The minimum absolute atomic E-state index is 0. The molecule has 1 aliphatic heterocycles. The summed E-state index contributed by atoms with van der Waals surface area (Å²) in [5.41, 5.74) is 2.94. The second kappa shape index (κ2) is 9.90. The second-order valence-electron chi connectivity index (χ2n) is 6.92. The zero-order chi connectivity index (χ0) is 19.4. The fourth-order valence-electron chi connectivity index (χ4n) is 3.32. The molecule has 7 nitrogen and oxygen atoms in total. The van der Waals surface area contributed by atoms with Gasteiger partial charge in [-0.25, -0.2) is 4.98 Å². The van der Waals surface area contributed by atoms with Crippen molar-refractivity contribution in [3.8, 4) is 11.5 Å². The van der Waals surface area contributed by atoms with Gasteiger partial charge in [0.2, 0.25) is 5.89 Å². The molecule has 0 spiro atoms. The van der Waals surface area contributed by atoms with Gasteiger partial charge in [-0.05, 0) is 25.0 Å². The van der Waals surface area contributed by atoms with E-state index in [1.807, 2.05) is 31.2 Å². The van der Waals surface area contributed by atoms with Crippen molar-refractivity contribution in [3.05, 3.63) is 41.8 Å². The smallest absolute Gasteiger partial charge is 0.310 e. The number of nitrogens with one attached hydrogen (secondary N) is 1. The molecular weight excluding hydrogens is 471 g/mol. The van der Waals surface area contributed by atoms with Gasteiger partial charge in [-0.1, -0.05) is 24.6 Å². The summed E-state index contributed by atoms with van der Waals surface area (Å²) >= 11 is 0. The summed E-state index contributed by atoms with van der Waals surface area (Å²) in [5, 5.41) is 3.30. The number of aryl methyl sites for hydroxylation is 1. The van der Waals surface area contributed by atoms with E-state index in [9.17, 15) is 4.79 Å². The summed E-state index contributed by atoms with van der Waals surface area (Å²) in [4.78, 5) is 22.8. The minimum Gasteiger partial charge on any atom is -0.469 e. The van der Waals surface area contributed by atoms with Gasteiger partial charge in [0, 0.05) is 25.7 Å². The lowest BCUT2D eigenvalue weighted by molar-refractivity contribution is -0.145. The van der Waals surface area contributed by atoms with Gasteiger partial charge in [0.15, 0.2) is 5.96 Å². The zero-order valence-corrected chi connectivity index (χ0v) is 19.0. The maximum absolute atomic E-state index is 11.9. The van der Waals surface area contributed by atoms with Crippen LogP contribution in [0.1, 0.15) is 18.2 Å². The number of methoxy groups -OCH3 is 1. The second-order valence-corrected chi connectivity index (χ2v) is 6.92. The van der Waals surface area contributed by atoms with Crippen LogP contribution < -0.4 is 5.32 Å². The molecule has 1 N–H and O–H groups in total. The number of benzene rings is 1. The predicted octanol–water partition coefficient (Wildman–Crippen LogP) is 3.08. The molecule has 1 aromatic heterocycles. The molecule has 3 rings (SSSR count). The number of aliphatic imine (C=N–C) groups is 1. The van der Waals surface area contributed by atoms with Gasteiger partial charge in [-0.3, -0.25) is 9.79 Å². The van der Waals surface area contributed by atoms with E-state index >= 15 is 0 Å². The highest BCUT2D eigenvalue weighted by Crippen LogP contribution is 2.24. The predicted molar refractivity (Wildman–Crippen MR) is 119 cm³/mol. The van der Waals surface area contributed by atoms with Crippen LogP contribution in [0.5, 0.6) is 0 Å². The quantitative estimate of drug-likeness (QED) is 0.302. The van der Waals surface area contributed by atoms with Crippen molar-refractivity contribution in [2.45, 2.75) is 20.4 Å². The molecule has 1 fully saturated rings. The molecule has 0 aliphatic carbocycles. The van der Waals surface area contributed by atoms with Crippen LogP contribution in [0.4, 0.5) is 0 Å². The van der Waals surface area contributed by atoms with Gasteiger partial charge in [-0.15, -0.1) is 24.0 Å². The molecule has 1 aliphatic rings. The Labute approximate surface area is 182 Å². The third-order valence-electron chi connectivity index (χ3n) is 4.91. The van der Waals surface area contributed by atoms with E-state index in [1.165, 1.54) is 12.7 Å². The van der Waals surface area contributed by atoms with E-state index < -0.39 is 0 Å². The number of ether oxygens (including phenoxy) is 1. The molecule has 0 bridgehead atoms. The molecule has 2 heterocycles. The fraction of sp³-hybridized carbons (Fsp3) is 0.450. The maximum atomic E-state index is 11.9. The standard InChI is InChI=1S/C20H26N4O3.HI/c1-13-5-7-15(8-6-13)18-23-16(12-27-18)9-22-20(21-3)24-10-14(2)17(11-24)19(25)26-4;/h5-8,12,14,17H,9-11H2,1-4H3,(H,21,22);1H. The van der Waals surface area contributed by atoms with E-state index in [0.29, 0.717) is 19.0 Å². The topological polar surface area (TPSA) is 80.0 Å². The van der Waals surface area contributed by atoms with Crippen LogP contribution >= 0.6 is 24.0 Å². The van der Waals surface area contributed by atoms with Gasteiger partial charge < -0.3 is 19.4 Å². The number of hydrogen-bond donors (Lipinski definition) is 1. The number of carbonyl (C=O) groups is 1. The summed E-state index contributed by atoms with van der Waals surface area (Å²) in [5.74, 6) is 1.26. The normalized spacial score (nSPS) is 19.3. The van der Waals surface area contributed by atoms with E-state index in [4.69, 9.17) is 9.15 Å². The number of nitrogens with zero attached hydrogens (tertiary/aromatic N) is 3. The minimum atomic E-state index is -0.167. The molecule has 2 atom stereocenters. The Morgan fingerprint density at radius 2 is 2.07 bits per heavy atom. The van der Waals surface area contributed by atoms with Crippen molar-refractivity contribution in [1.82, 2.24) is 15.2 Å². The average Bonchev–Trinajstić information content (AvgIpc) is 3.29. The molecule has 1 aromatic carbocycles. The number of rotatable bonds is 4. The number of aromatic nitrogens is 1. The first-order valence-corrected chi connectivity index (χ1v) is 9.06. The lowest BCUT2D eigenvalue weighted by atomic mass is 9.99. The van der Waals surface area contributed by atoms with Crippen LogP contribution in [-0.4, -0.2) is 49.1 Å². The van der Waals surface area contributed by atoms with Gasteiger partial charge in [0.05, 0.1) is 25.3 Å². The molecular formula is C20H27IN4O3. The number of esters is 1. The zero-order valence-electron chi connectivity index (χ0n) is 16.6. The molecule has 0 saturated carbocycles. The molecule has 0 radical (unpaired) electrons. The van der Waals surface area contributed by atoms with Crippen LogP contribution in [0.2, 0.25) is 0 Å². The summed E-state index contributed by atoms with van der Waals surface area (Å²) in [7, 11) is 3.17. The van der Waals surface area contributed by atoms with Gasteiger partial charge in [0.1, 0.15) is 6.26 Å². The summed E-state index contributed by atoms with van der Waals surface area (Å²) in [6, 6.07) is 8.06. The van der Waals surface area contributed by atoms with Crippen molar-refractivity contribution in [1.29, 1.82) is 0 Å². The number of halogens is 1.